The Hall–Kier alpha value is -1.35. The molecule has 3 nitrogen and oxygen atoms in total. The Kier molecular flexibility index (Phi) is 3.46. The molecule has 1 rings (SSSR count). The van der Waals surface area contributed by atoms with Gasteiger partial charge in [-0.15, -0.1) is 0 Å². The summed E-state index contributed by atoms with van der Waals surface area (Å²) in [6, 6.07) is 7.81. The minimum Gasteiger partial charge on any atom is -0.387 e. The molecule has 0 unspecified atom stereocenters. The van der Waals surface area contributed by atoms with Gasteiger partial charge in [-0.2, -0.15) is 0 Å². The normalized spacial score (nSPS) is 11.7. The Balaban J connectivity index is 2.85. The first-order valence-corrected chi connectivity index (χ1v) is 4.11. The van der Waals surface area contributed by atoms with Crippen LogP contribution in [0.5, 0.6) is 0 Å². The molecule has 0 spiro atoms. The molecule has 13 heavy (non-hydrogen) atoms. The van der Waals surface area contributed by atoms with Crippen LogP contribution in [-0.4, -0.2) is 12.9 Å². The van der Waals surface area contributed by atoms with Gasteiger partial charge in [0.1, 0.15) is 0 Å². The van der Waals surface area contributed by atoms with E-state index in [0.717, 1.165) is 11.3 Å². The molecule has 0 amide bonds. The molecule has 0 saturated carbocycles. The van der Waals surface area contributed by atoms with E-state index in [4.69, 9.17) is 10.5 Å². The molecule has 0 aliphatic rings. The lowest BCUT2D eigenvalue weighted by molar-refractivity contribution is 0.185. The molecule has 0 fully saturated rings. The molecule has 0 atom stereocenters. The van der Waals surface area contributed by atoms with Gasteiger partial charge in [0.05, 0.1) is 18.1 Å². The molecule has 0 saturated heterocycles. The van der Waals surface area contributed by atoms with Crippen LogP contribution >= 0.6 is 0 Å². The van der Waals surface area contributed by atoms with Crippen LogP contribution < -0.4 is 5.73 Å². The highest BCUT2D eigenvalue weighted by Gasteiger charge is 1.93. The number of ether oxygens (including phenoxy) is 1. The van der Waals surface area contributed by atoms with Crippen LogP contribution in [0.1, 0.15) is 12.5 Å². The van der Waals surface area contributed by atoms with E-state index >= 15 is 0 Å². The summed E-state index contributed by atoms with van der Waals surface area (Å²) < 4.78 is 5.01. The fraction of sp³-hybridized carbons (Fsp3) is 0.300. The summed E-state index contributed by atoms with van der Waals surface area (Å²) in [5, 5.41) is 0. The number of benzene rings is 1. The highest BCUT2D eigenvalue weighted by molar-refractivity contribution is 5.80. The second-order valence-electron chi connectivity index (χ2n) is 2.86. The Bertz CT molecular complexity index is 304. The van der Waals surface area contributed by atoms with E-state index in [-0.39, 0.29) is 0 Å². The molecule has 1 aromatic rings. The first kappa shape index (κ1) is 9.74. The smallest absolute Gasteiger partial charge is 0.0964 e. The van der Waals surface area contributed by atoms with E-state index in [1.54, 1.807) is 14.0 Å². The fourth-order valence-corrected chi connectivity index (χ4v) is 1.09. The summed E-state index contributed by atoms with van der Waals surface area (Å²) >= 11 is 0. The molecule has 0 radical (unpaired) electrons. The summed E-state index contributed by atoms with van der Waals surface area (Å²) in [4.78, 5) is 4.14. The minimum atomic E-state index is 0.564. The molecule has 2 N–H and O–H groups in total. The molecule has 70 valence electrons. The van der Waals surface area contributed by atoms with Crippen molar-refractivity contribution in [3.8, 4) is 0 Å². The van der Waals surface area contributed by atoms with E-state index < -0.39 is 0 Å². The second kappa shape index (κ2) is 4.62. The van der Waals surface area contributed by atoms with E-state index in [9.17, 15) is 0 Å². The lowest BCUT2D eigenvalue weighted by atomic mass is 10.2. The summed E-state index contributed by atoms with van der Waals surface area (Å²) in [7, 11) is 1.67. The van der Waals surface area contributed by atoms with Crippen molar-refractivity contribution in [2.45, 2.75) is 13.5 Å². The first-order chi connectivity index (χ1) is 6.22. The topological polar surface area (TPSA) is 47.6 Å². The number of hydrogen-bond donors (Lipinski definition) is 1. The highest BCUT2D eigenvalue weighted by Crippen LogP contribution is 2.14. The highest BCUT2D eigenvalue weighted by atomic mass is 16.5. The standard InChI is InChI=1S/C10H14N2O/c1-8(11)12-10-5-3-4-9(6-10)7-13-2/h3-6H,7H2,1-2H3,(H2,11,12). The van der Waals surface area contributed by atoms with Gasteiger partial charge in [-0.3, -0.25) is 0 Å². The molecule has 1 aromatic carbocycles. The van der Waals surface area contributed by atoms with Crippen LogP contribution in [0.25, 0.3) is 0 Å². The van der Waals surface area contributed by atoms with Gasteiger partial charge in [-0.25, -0.2) is 4.99 Å². The van der Waals surface area contributed by atoms with Gasteiger partial charge in [-0.05, 0) is 24.6 Å². The van der Waals surface area contributed by atoms with Gasteiger partial charge in [0.2, 0.25) is 0 Å². The second-order valence-corrected chi connectivity index (χ2v) is 2.86. The Morgan fingerprint density at radius 1 is 1.54 bits per heavy atom. The van der Waals surface area contributed by atoms with Gasteiger partial charge in [-0.1, -0.05) is 12.1 Å². The first-order valence-electron chi connectivity index (χ1n) is 4.11. The van der Waals surface area contributed by atoms with Crippen molar-refractivity contribution in [2.24, 2.45) is 10.7 Å². The quantitative estimate of drug-likeness (QED) is 0.567. The fourth-order valence-electron chi connectivity index (χ4n) is 1.09. The number of methoxy groups -OCH3 is 1. The third-order valence-corrected chi connectivity index (χ3v) is 1.53. The van der Waals surface area contributed by atoms with Gasteiger partial charge >= 0.3 is 0 Å². The SMILES string of the molecule is COCc1cccc(N=C(C)N)c1. The zero-order valence-corrected chi connectivity index (χ0v) is 7.95. The van der Waals surface area contributed by atoms with Gasteiger partial charge in [0.15, 0.2) is 0 Å². The Morgan fingerprint density at radius 3 is 2.92 bits per heavy atom. The Morgan fingerprint density at radius 2 is 2.31 bits per heavy atom. The average Bonchev–Trinajstić information content (AvgIpc) is 2.04. The number of hydrogen-bond acceptors (Lipinski definition) is 2. The average molecular weight is 178 g/mol. The maximum absolute atomic E-state index is 5.47. The zero-order chi connectivity index (χ0) is 9.68. The van der Waals surface area contributed by atoms with Gasteiger partial charge in [0.25, 0.3) is 0 Å². The molecule has 0 aliphatic heterocycles. The summed E-state index contributed by atoms with van der Waals surface area (Å²) in [6.07, 6.45) is 0. The molecular weight excluding hydrogens is 164 g/mol. The van der Waals surface area contributed by atoms with E-state index in [0.29, 0.717) is 12.4 Å². The lowest BCUT2D eigenvalue weighted by Gasteiger charge is -2.00. The third kappa shape index (κ3) is 3.25. The molecule has 0 bridgehead atoms. The number of rotatable bonds is 3. The number of aliphatic imine (C=N–C) groups is 1. The van der Waals surface area contributed by atoms with Crippen LogP contribution in [0.2, 0.25) is 0 Å². The predicted molar refractivity (Wildman–Crippen MR) is 54.1 cm³/mol. The van der Waals surface area contributed by atoms with Gasteiger partial charge in [0, 0.05) is 7.11 Å². The van der Waals surface area contributed by atoms with Crippen molar-refractivity contribution in [3.05, 3.63) is 29.8 Å². The van der Waals surface area contributed by atoms with E-state index in [1.165, 1.54) is 0 Å². The van der Waals surface area contributed by atoms with Crippen molar-refractivity contribution >= 4 is 11.5 Å². The summed E-state index contributed by atoms with van der Waals surface area (Å²) in [5.74, 6) is 0.564. The van der Waals surface area contributed by atoms with Crippen LogP contribution in [0.15, 0.2) is 29.3 Å². The van der Waals surface area contributed by atoms with Crippen molar-refractivity contribution < 1.29 is 4.74 Å². The molecule has 0 heterocycles. The zero-order valence-electron chi connectivity index (χ0n) is 7.95. The molecule has 3 heteroatoms. The van der Waals surface area contributed by atoms with Crippen molar-refractivity contribution in [1.82, 2.24) is 0 Å². The van der Waals surface area contributed by atoms with Crippen LogP contribution in [0, 0.1) is 0 Å². The molecule has 0 aliphatic carbocycles. The largest absolute Gasteiger partial charge is 0.387 e. The predicted octanol–water partition coefficient (Wildman–Crippen LogP) is 1.84. The van der Waals surface area contributed by atoms with Crippen LogP contribution in [0.3, 0.4) is 0 Å². The lowest BCUT2D eigenvalue weighted by Crippen LogP contribution is -2.03. The van der Waals surface area contributed by atoms with Crippen molar-refractivity contribution in [2.75, 3.05) is 7.11 Å². The minimum absolute atomic E-state index is 0.564. The Labute approximate surface area is 78.2 Å². The summed E-state index contributed by atoms with van der Waals surface area (Å²) in [6.45, 7) is 2.37. The van der Waals surface area contributed by atoms with Crippen LogP contribution in [0.4, 0.5) is 5.69 Å². The monoisotopic (exact) mass is 178 g/mol. The van der Waals surface area contributed by atoms with Crippen molar-refractivity contribution in [3.63, 3.8) is 0 Å². The molecule has 0 aromatic heterocycles. The van der Waals surface area contributed by atoms with E-state index in [2.05, 4.69) is 4.99 Å². The number of nitrogens with zero attached hydrogens (tertiary/aromatic N) is 1. The maximum Gasteiger partial charge on any atom is 0.0964 e. The van der Waals surface area contributed by atoms with E-state index in [1.807, 2.05) is 24.3 Å². The number of amidine groups is 1. The van der Waals surface area contributed by atoms with Crippen molar-refractivity contribution in [1.29, 1.82) is 0 Å². The number of nitrogens with two attached hydrogens (primary N) is 1. The summed E-state index contributed by atoms with van der Waals surface area (Å²) in [5.41, 5.74) is 7.44. The third-order valence-electron chi connectivity index (χ3n) is 1.53. The van der Waals surface area contributed by atoms with Crippen LogP contribution in [-0.2, 0) is 11.3 Å². The molecular formula is C10H14N2O. The van der Waals surface area contributed by atoms with Gasteiger partial charge < -0.3 is 10.5 Å². The maximum atomic E-state index is 5.47.